The van der Waals surface area contributed by atoms with Crippen molar-refractivity contribution in [3.8, 4) is 0 Å². The summed E-state index contributed by atoms with van der Waals surface area (Å²) in [6.45, 7) is 3.41. The van der Waals surface area contributed by atoms with Crippen molar-refractivity contribution >= 4 is 11.4 Å². The molecule has 0 aliphatic heterocycles. The van der Waals surface area contributed by atoms with Crippen LogP contribution < -0.4 is 4.48 Å². The van der Waals surface area contributed by atoms with E-state index >= 15 is 0 Å². The summed E-state index contributed by atoms with van der Waals surface area (Å²) in [6.07, 6.45) is 3.83. The zero-order valence-electron chi connectivity index (χ0n) is 12.0. The van der Waals surface area contributed by atoms with Crippen molar-refractivity contribution in [2.75, 3.05) is 13.6 Å². The lowest BCUT2D eigenvalue weighted by Crippen LogP contribution is -2.40. The van der Waals surface area contributed by atoms with Crippen molar-refractivity contribution in [3.63, 3.8) is 0 Å². The van der Waals surface area contributed by atoms with Crippen LogP contribution in [0.2, 0.25) is 0 Å². The minimum atomic E-state index is 0.891. The van der Waals surface area contributed by atoms with E-state index in [1.54, 1.807) is 0 Å². The Kier molecular flexibility index (Phi) is 4.75. The number of unbranched alkanes of at least 4 members (excludes halogenated alkanes) is 2. The molecule has 0 saturated heterocycles. The second-order valence-corrected chi connectivity index (χ2v) is 5.29. The lowest BCUT2D eigenvalue weighted by molar-refractivity contribution is 0.436. The molecule has 0 bridgehead atoms. The maximum absolute atomic E-state index is 2.32. The standard InChI is InChI=1S/C18H24N/c1-3-4-11-16-19(2,17-12-7-5-8-13-17)18-14-9-6-10-15-18/h5-10,12-15H,3-4,11,16H2,1-2H3/q+1. The summed E-state index contributed by atoms with van der Waals surface area (Å²) in [4.78, 5) is 0. The minimum absolute atomic E-state index is 0.891. The van der Waals surface area contributed by atoms with E-state index in [0.717, 1.165) is 11.0 Å². The number of para-hydroxylation sites is 2. The van der Waals surface area contributed by atoms with Crippen LogP contribution in [0.1, 0.15) is 26.2 Å². The van der Waals surface area contributed by atoms with Crippen molar-refractivity contribution in [2.45, 2.75) is 26.2 Å². The number of nitrogens with zero attached hydrogens (tertiary/aromatic N) is 1. The van der Waals surface area contributed by atoms with Crippen molar-refractivity contribution < 1.29 is 0 Å². The molecule has 0 saturated carbocycles. The number of hydrogen-bond acceptors (Lipinski definition) is 0. The smallest absolute Gasteiger partial charge is 0.137 e. The summed E-state index contributed by atoms with van der Waals surface area (Å²) in [5.74, 6) is 0. The fourth-order valence-corrected chi connectivity index (χ4v) is 2.60. The zero-order valence-corrected chi connectivity index (χ0v) is 12.0. The summed E-state index contributed by atoms with van der Waals surface area (Å²) in [5, 5.41) is 0. The van der Waals surface area contributed by atoms with Crippen LogP contribution in [-0.2, 0) is 0 Å². The summed E-state index contributed by atoms with van der Waals surface area (Å²) in [6, 6.07) is 21.7. The van der Waals surface area contributed by atoms with Gasteiger partial charge < -0.3 is 0 Å². The molecule has 1 heteroatoms. The van der Waals surface area contributed by atoms with Crippen molar-refractivity contribution in [1.29, 1.82) is 0 Å². The Morgan fingerprint density at radius 2 is 1.21 bits per heavy atom. The molecule has 0 atom stereocenters. The van der Waals surface area contributed by atoms with Crippen LogP contribution in [0.25, 0.3) is 0 Å². The molecular formula is C18H24N+. The average molecular weight is 254 g/mol. The van der Waals surface area contributed by atoms with Gasteiger partial charge in [0.15, 0.2) is 0 Å². The monoisotopic (exact) mass is 254 g/mol. The molecule has 0 fully saturated rings. The Bertz CT molecular complexity index is 436. The van der Waals surface area contributed by atoms with Gasteiger partial charge in [0.25, 0.3) is 0 Å². The van der Waals surface area contributed by atoms with Gasteiger partial charge in [-0.15, -0.1) is 0 Å². The maximum Gasteiger partial charge on any atom is 0.137 e. The van der Waals surface area contributed by atoms with E-state index in [1.807, 2.05) is 0 Å². The van der Waals surface area contributed by atoms with Gasteiger partial charge in [-0.05, 0) is 37.1 Å². The molecule has 19 heavy (non-hydrogen) atoms. The van der Waals surface area contributed by atoms with Crippen LogP contribution in [0.15, 0.2) is 60.7 Å². The Hall–Kier alpha value is -1.60. The number of rotatable bonds is 6. The van der Waals surface area contributed by atoms with E-state index in [0.29, 0.717) is 0 Å². The first-order valence-electron chi connectivity index (χ1n) is 7.24. The Morgan fingerprint density at radius 3 is 1.63 bits per heavy atom. The number of quaternary nitrogens is 1. The van der Waals surface area contributed by atoms with E-state index < -0.39 is 0 Å². The van der Waals surface area contributed by atoms with Crippen molar-refractivity contribution in [2.24, 2.45) is 0 Å². The second-order valence-electron chi connectivity index (χ2n) is 5.29. The van der Waals surface area contributed by atoms with Crippen molar-refractivity contribution in [3.05, 3.63) is 60.7 Å². The van der Waals surface area contributed by atoms with Crippen LogP contribution in [0.3, 0.4) is 0 Å². The van der Waals surface area contributed by atoms with E-state index in [9.17, 15) is 0 Å². The maximum atomic E-state index is 2.32. The third-order valence-electron chi connectivity index (χ3n) is 3.86. The van der Waals surface area contributed by atoms with Crippen LogP contribution in [0.5, 0.6) is 0 Å². The summed E-state index contributed by atoms with van der Waals surface area (Å²) in [5.41, 5.74) is 2.73. The second kappa shape index (κ2) is 6.53. The predicted molar refractivity (Wildman–Crippen MR) is 84.7 cm³/mol. The van der Waals surface area contributed by atoms with E-state index in [-0.39, 0.29) is 0 Å². The lowest BCUT2D eigenvalue weighted by Gasteiger charge is -2.33. The highest BCUT2D eigenvalue weighted by Gasteiger charge is 2.26. The molecule has 0 aromatic heterocycles. The van der Waals surface area contributed by atoms with Gasteiger partial charge in [-0.3, -0.25) is 4.48 Å². The largest absolute Gasteiger partial charge is 0.261 e. The third-order valence-corrected chi connectivity index (χ3v) is 3.86. The van der Waals surface area contributed by atoms with Gasteiger partial charge in [-0.25, -0.2) is 0 Å². The summed E-state index contributed by atoms with van der Waals surface area (Å²) >= 11 is 0. The van der Waals surface area contributed by atoms with Crippen molar-refractivity contribution in [1.82, 2.24) is 4.48 Å². The molecule has 2 rings (SSSR count). The molecule has 2 aromatic carbocycles. The first-order valence-corrected chi connectivity index (χ1v) is 7.24. The van der Waals surface area contributed by atoms with Gasteiger partial charge in [0.05, 0.1) is 13.6 Å². The summed E-state index contributed by atoms with van der Waals surface area (Å²) < 4.78 is 0.891. The molecule has 0 radical (unpaired) electrons. The fraction of sp³-hybridized carbons (Fsp3) is 0.333. The molecule has 0 spiro atoms. The molecular weight excluding hydrogens is 230 g/mol. The minimum Gasteiger partial charge on any atom is -0.261 e. The zero-order chi connectivity index (χ0) is 13.6. The normalized spacial score (nSPS) is 11.5. The predicted octanol–water partition coefficient (Wildman–Crippen LogP) is 5.15. The molecule has 2 aromatic rings. The Balaban J connectivity index is 2.33. The van der Waals surface area contributed by atoms with Crippen LogP contribution in [0.4, 0.5) is 11.4 Å². The quantitative estimate of drug-likeness (QED) is 0.494. The number of benzene rings is 2. The van der Waals surface area contributed by atoms with E-state index in [1.165, 1.54) is 30.6 Å². The SMILES string of the molecule is CCCCC[N+](C)(c1ccccc1)c1ccccc1. The molecule has 0 amide bonds. The highest BCUT2D eigenvalue weighted by atomic mass is 15.3. The summed E-state index contributed by atoms with van der Waals surface area (Å²) in [7, 11) is 2.32. The van der Waals surface area contributed by atoms with Gasteiger partial charge in [-0.2, -0.15) is 0 Å². The van der Waals surface area contributed by atoms with Crippen LogP contribution in [-0.4, -0.2) is 13.6 Å². The molecule has 1 nitrogen and oxygen atoms in total. The Labute approximate surface area is 117 Å². The molecule has 0 aliphatic carbocycles. The van der Waals surface area contributed by atoms with Gasteiger partial charge in [-0.1, -0.05) is 49.7 Å². The van der Waals surface area contributed by atoms with Crippen LogP contribution >= 0.6 is 0 Å². The first kappa shape index (κ1) is 13.8. The molecule has 0 N–H and O–H groups in total. The first-order chi connectivity index (χ1) is 9.27. The van der Waals surface area contributed by atoms with Gasteiger partial charge in [0.2, 0.25) is 0 Å². The number of hydrogen-bond donors (Lipinski definition) is 0. The van der Waals surface area contributed by atoms with Gasteiger partial charge in [0.1, 0.15) is 11.4 Å². The fourth-order valence-electron chi connectivity index (χ4n) is 2.60. The van der Waals surface area contributed by atoms with E-state index in [4.69, 9.17) is 0 Å². The van der Waals surface area contributed by atoms with Crippen LogP contribution in [0, 0.1) is 0 Å². The van der Waals surface area contributed by atoms with Gasteiger partial charge >= 0.3 is 0 Å². The molecule has 0 aliphatic rings. The molecule has 100 valence electrons. The third kappa shape index (κ3) is 3.24. The topological polar surface area (TPSA) is 0 Å². The lowest BCUT2D eigenvalue weighted by atomic mass is 10.1. The molecule has 0 heterocycles. The van der Waals surface area contributed by atoms with Gasteiger partial charge in [0, 0.05) is 0 Å². The Morgan fingerprint density at radius 1 is 0.737 bits per heavy atom. The highest BCUT2D eigenvalue weighted by Crippen LogP contribution is 2.32. The average Bonchev–Trinajstić information content (AvgIpc) is 2.49. The highest BCUT2D eigenvalue weighted by molar-refractivity contribution is 5.57. The van der Waals surface area contributed by atoms with E-state index in [2.05, 4.69) is 74.6 Å². The molecule has 0 unspecified atom stereocenters.